The number of ether oxygens (including phenoxy) is 8. The van der Waals surface area contributed by atoms with E-state index in [0.29, 0.717) is 29.3 Å². The average Bonchev–Trinajstić information content (AvgIpc) is 1.62. The van der Waals surface area contributed by atoms with Crippen molar-refractivity contribution in [1.82, 2.24) is 4.31 Å². The number of hydrogen-bond donors (Lipinski definition) is 4. The molecule has 0 radical (unpaired) electrons. The fourth-order valence-corrected chi connectivity index (χ4v) is 12.3. The number of nitrogens with one attached hydrogen (secondary N) is 4. The number of anilines is 5. The normalized spacial score (nSPS) is 12.9. The maximum atomic E-state index is 12.4. The number of rotatable bonds is 21. The van der Waals surface area contributed by atoms with Crippen LogP contribution in [0.4, 0.5) is 28.4 Å². The molecular formula is C83H80N6O14S2. The Labute approximate surface area is 612 Å². The highest BCUT2D eigenvalue weighted by atomic mass is 32.2. The van der Waals surface area contributed by atoms with E-state index in [0.717, 1.165) is 117 Å². The van der Waals surface area contributed by atoms with Gasteiger partial charge < -0.3 is 53.4 Å². The fourth-order valence-electron chi connectivity index (χ4n) is 10.5. The number of nitrogens with zero attached hydrogens (tertiary/aromatic N) is 2. The third-order valence-corrected chi connectivity index (χ3v) is 18.8. The molecule has 14 rings (SSSR count). The van der Waals surface area contributed by atoms with Crippen LogP contribution >= 0.6 is 0 Å². The molecule has 105 heavy (non-hydrogen) atoms. The van der Waals surface area contributed by atoms with Crippen LogP contribution in [0, 0.1) is 5.92 Å². The zero-order chi connectivity index (χ0) is 73.7. The van der Waals surface area contributed by atoms with E-state index in [-0.39, 0.29) is 44.7 Å². The molecule has 0 saturated heterocycles. The lowest BCUT2D eigenvalue weighted by Gasteiger charge is -2.13. The summed E-state index contributed by atoms with van der Waals surface area (Å²) in [5.41, 5.74) is 13.2. The Balaban J connectivity index is 0.000000140. The highest BCUT2D eigenvalue weighted by molar-refractivity contribution is 7.92. The fraction of sp³-hybridized carbons (Fsp3) is 0.157. The van der Waals surface area contributed by atoms with Crippen molar-refractivity contribution in [3.63, 3.8) is 0 Å². The highest BCUT2D eigenvalue weighted by Gasteiger charge is 2.18. The summed E-state index contributed by atoms with van der Waals surface area (Å²) in [6.07, 6.45) is 16.4. The lowest BCUT2D eigenvalue weighted by molar-refractivity contribution is -0.116. The maximum Gasteiger partial charge on any atom is 0.301 e. The number of hydrogen-bond acceptors (Lipinski definition) is 15. The number of carbonyl (C=O) groups excluding carboxylic acids is 2. The monoisotopic (exact) mass is 1450 g/mol. The quantitative estimate of drug-likeness (QED) is 0.0490. The van der Waals surface area contributed by atoms with Crippen molar-refractivity contribution in [3.8, 4) is 46.0 Å². The molecule has 10 aromatic carbocycles. The van der Waals surface area contributed by atoms with E-state index in [1.165, 1.54) is 14.1 Å². The smallest absolute Gasteiger partial charge is 0.301 e. The molecule has 4 aliphatic rings. The number of sulfonamides is 1. The Morgan fingerprint density at radius 3 is 1.06 bits per heavy atom. The third-order valence-electron chi connectivity index (χ3n) is 16.1. The summed E-state index contributed by atoms with van der Waals surface area (Å²) in [4.78, 5) is 26.2. The van der Waals surface area contributed by atoms with Crippen molar-refractivity contribution in [2.24, 2.45) is 5.92 Å². The highest BCUT2D eigenvalue weighted by Crippen LogP contribution is 2.37. The second kappa shape index (κ2) is 35.1. The summed E-state index contributed by atoms with van der Waals surface area (Å²) in [6, 6.07) is 69.7. The molecule has 0 aliphatic carbocycles. The van der Waals surface area contributed by atoms with Gasteiger partial charge in [0.2, 0.25) is 43.1 Å². The van der Waals surface area contributed by atoms with E-state index in [2.05, 4.69) is 20.1 Å². The van der Waals surface area contributed by atoms with Crippen molar-refractivity contribution in [3.05, 3.63) is 280 Å². The molecule has 10 aromatic rings. The average molecular weight is 1450 g/mol. The van der Waals surface area contributed by atoms with Gasteiger partial charge in [-0.05, 0) is 177 Å². The first kappa shape index (κ1) is 74.0. The van der Waals surface area contributed by atoms with Crippen molar-refractivity contribution in [1.29, 1.82) is 0 Å². The Kier molecular flexibility index (Phi) is 24.7. The predicted molar refractivity (Wildman–Crippen MR) is 417 cm³/mol. The van der Waals surface area contributed by atoms with Gasteiger partial charge in [0.1, 0.15) is 0 Å². The molecule has 0 atom stereocenters. The molecule has 4 heterocycles. The van der Waals surface area contributed by atoms with Gasteiger partial charge in [-0.1, -0.05) is 166 Å². The van der Waals surface area contributed by atoms with E-state index >= 15 is 0 Å². The van der Waals surface area contributed by atoms with Crippen LogP contribution in [-0.4, -0.2) is 88.3 Å². The van der Waals surface area contributed by atoms with Crippen LogP contribution in [-0.2, 0) is 30.8 Å². The van der Waals surface area contributed by atoms with E-state index in [9.17, 15) is 26.4 Å². The molecule has 0 unspecified atom stereocenters. The van der Waals surface area contributed by atoms with Crippen LogP contribution in [0.1, 0.15) is 80.7 Å². The van der Waals surface area contributed by atoms with Crippen LogP contribution in [0.25, 0.3) is 48.6 Å². The largest absolute Gasteiger partial charge is 0.454 e. The topological polar surface area (TPSA) is 231 Å². The number of amides is 2. The molecule has 0 aromatic heterocycles. The maximum absolute atomic E-state index is 12.4. The van der Waals surface area contributed by atoms with E-state index < -0.39 is 20.2 Å². The van der Waals surface area contributed by atoms with Crippen molar-refractivity contribution in [2.75, 3.05) is 80.3 Å². The number of benzene rings is 10. The minimum atomic E-state index is -3.49. The summed E-state index contributed by atoms with van der Waals surface area (Å²) < 4.78 is 97.1. The first-order valence-corrected chi connectivity index (χ1v) is 36.6. The van der Waals surface area contributed by atoms with Crippen molar-refractivity contribution >= 4 is 109 Å². The second-order valence-corrected chi connectivity index (χ2v) is 28.7. The van der Waals surface area contributed by atoms with Gasteiger partial charge in [0.05, 0.1) is 5.75 Å². The number of fused-ring (bicyclic) bond motifs is 4. The Bertz CT molecular complexity index is 4990. The molecule has 2 amide bonds. The molecule has 20 nitrogen and oxygen atoms in total. The molecule has 0 saturated carbocycles. The zero-order valence-electron chi connectivity index (χ0n) is 58.7. The summed E-state index contributed by atoms with van der Waals surface area (Å²) >= 11 is 0. The standard InChI is InChI=1S/C24H22N2O3.C22H19NO4S.C20H21NO3.C17H18N2O4S/c1-26(2)21-12-8-19(9-13-21)24(27)25-20-10-5-17(6-11-20)3-4-18-7-14-22-23(15-18)29-16-28-22;24-28(25,15-19-4-2-1-3-5-19)23-20-11-8-17(9-12-20)6-7-18-10-13-21-22(14-18)27-16-26-21;1-14(2)11-20(22)21-17-8-5-15(6-9-17)3-4-16-7-10-18-19(12-16)24-13-23-18;1-19(2)24(20,21)18-15-8-5-13(6-9-15)3-4-14-7-10-16-17(11-14)23-12-22-16/h3-15H,16H2,1-2H3,(H,25,27);1-14,23H,15-16H2;3-10,12,14H,11,13H2,1-2H3,(H,21,22);3-11,18H,12H2,1-2H3/b4-3+;7-6+;2*4-3+. The minimum Gasteiger partial charge on any atom is -0.454 e. The van der Waals surface area contributed by atoms with Gasteiger partial charge in [-0.25, -0.2) is 8.42 Å². The first-order chi connectivity index (χ1) is 50.7. The summed E-state index contributed by atoms with van der Waals surface area (Å²) in [5.74, 6) is 6.32. The lowest BCUT2D eigenvalue weighted by atomic mass is 10.1. The Hall–Kier alpha value is -12.2. The molecule has 0 fully saturated rings. The lowest BCUT2D eigenvalue weighted by Crippen LogP contribution is -2.28. The molecule has 22 heteroatoms. The van der Waals surface area contributed by atoms with Crippen LogP contribution in [0.15, 0.2) is 224 Å². The van der Waals surface area contributed by atoms with Gasteiger partial charge in [-0.3, -0.25) is 19.0 Å². The van der Waals surface area contributed by atoms with Gasteiger partial charge in [0.25, 0.3) is 5.91 Å². The third kappa shape index (κ3) is 22.1. The van der Waals surface area contributed by atoms with E-state index in [1.807, 2.05) is 270 Å². The van der Waals surface area contributed by atoms with Gasteiger partial charge in [-0.2, -0.15) is 12.7 Å². The summed E-state index contributed by atoms with van der Waals surface area (Å²) in [5, 5.41) is 5.84. The number of carbonyl (C=O) groups is 2. The SMILES string of the molecule is CC(C)CC(=O)Nc1ccc(/C=C/c2ccc3c(c2)OCO3)cc1.CN(C)S(=O)(=O)Nc1ccc(/C=C/c2ccc3c(c2)OCO3)cc1.CN(C)c1ccc(C(=O)Nc2ccc(/C=C/c3ccc4c(c3)OCO4)cc2)cc1.O=S(=O)(Cc1ccccc1)Nc1ccc(/C=C/c2ccc3c(c2)OCO3)cc1. The van der Waals surface area contributed by atoms with Crippen molar-refractivity contribution in [2.45, 2.75) is 26.0 Å². The predicted octanol–water partition coefficient (Wildman–Crippen LogP) is 16.8. The molecule has 538 valence electrons. The molecule has 4 aliphatic heterocycles. The van der Waals surface area contributed by atoms with E-state index in [4.69, 9.17) is 37.9 Å². The summed E-state index contributed by atoms with van der Waals surface area (Å²) in [7, 11) is -0.0474. The van der Waals surface area contributed by atoms with Crippen molar-refractivity contribution < 1.29 is 64.3 Å². The van der Waals surface area contributed by atoms with Crippen LogP contribution in [0.3, 0.4) is 0 Å². The summed E-state index contributed by atoms with van der Waals surface area (Å²) in [6.45, 7) is 5.13. The van der Waals surface area contributed by atoms with Crippen LogP contribution in [0.2, 0.25) is 0 Å². The second-order valence-electron chi connectivity index (χ2n) is 25.0. The molecule has 0 bridgehead atoms. The van der Waals surface area contributed by atoms with Gasteiger partial charge >= 0.3 is 10.2 Å². The zero-order valence-corrected chi connectivity index (χ0v) is 60.4. The van der Waals surface area contributed by atoms with Gasteiger partial charge in [0.15, 0.2) is 46.0 Å². The molecule has 4 N–H and O–H groups in total. The molecular weight excluding hydrogens is 1370 g/mol. The van der Waals surface area contributed by atoms with Crippen LogP contribution < -0.4 is 62.9 Å². The Morgan fingerprint density at radius 2 is 0.705 bits per heavy atom. The van der Waals surface area contributed by atoms with Gasteiger partial charge in [0, 0.05) is 68.6 Å². The molecule has 0 spiro atoms. The Morgan fingerprint density at radius 1 is 0.381 bits per heavy atom. The van der Waals surface area contributed by atoms with Gasteiger partial charge in [-0.15, -0.1) is 0 Å². The minimum absolute atomic E-state index is 0.0497. The van der Waals surface area contributed by atoms with Crippen LogP contribution in [0.5, 0.6) is 46.0 Å². The van der Waals surface area contributed by atoms with E-state index in [1.54, 1.807) is 36.4 Å². The first-order valence-electron chi connectivity index (χ1n) is 33.5.